The molecule has 0 bridgehead atoms. The molecular formula is C15H23N3O3. The van der Waals surface area contributed by atoms with Crippen LogP contribution in [0.3, 0.4) is 0 Å². The van der Waals surface area contributed by atoms with Gasteiger partial charge >= 0.3 is 5.97 Å². The van der Waals surface area contributed by atoms with Gasteiger partial charge < -0.3 is 14.6 Å². The maximum atomic E-state index is 12.5. The van der Waals surface area contributed by atoms with Crippen LogP contribution in [0, 0.1) is 11.8 Å². The molecule has 1 fully saturated rings. The summed E-state index contributed by atoms with van der Waals surface area (Å²) in [5.41, 5.74) is -0.0909. The Hall–Kier alpha value is -1.85. The second kappa shape index (κ2) is 6.28. The van der Waals surface area contributed by atoms with E-state index in [9.17, 15) is 9.59 Å². The summed E-state index contributed by atoms with van der Waals surface area (Å²) in [5.74, 6) is -0.250. The molecule has 6 nitrogen and oxygen atoms in total. The first-order chi connectivity index (χ1) is 9.90. The second-order valence-corrected chi connectivity index (χ2v) is 6.20. The lowest BCUT2D eigenvalue weighted by molar-refractivity contribution is -0.142. The molecule has 0 saturated carbocycles. The summed E-state index contributed by atoms with van der Waals surface area (Å²) in [7, 11) is 0. The van der Waals surface area contributed by atoms with E-state index in [0.29, 0.717) is 37.7 Å². The summed E-state index contributed by atoms with van der Waals surface area (Å²) in [5, 5.41) is 9.11. The number of anilines is 1. The molecule has 1 aliphatic heterocycles. The molecule has 21 heavy (non-hydrogen) atoms. The highest BCUT2D eigenvalue weighted by atomic mass is 16.4. The third-order valence-corrected chi connectivity index (χ3v) is 3.95. The van der Waals surface area contributed by atoms with E-state index in [1.807, 2.05) is 11.8 Å². The van der Waals surface area contributed by atoms with Crippen LogP contribution < -0.4 is 10.5 Å². The van der Waals surface area contributed by atoms with Crippen molar-refractivity contribution in [2.75, 3.05) is 11.4 Å². The average Bonchev–Trinajstić information content (AvgIpc) is 2.41. The van der Waals surface area contributed by atoms with Gasteiger partial charge in [-0.2, -0.15) is 0 Å². The Balaban J connectivity index is 2.23. The minimum Gasteiger partial charge on any atom is -0.481 e. The Bertz CT molecular complexity index is 568. The lowest BCUT2D eigenvalue weighted by Gasteiger charge is -2.36. The van der Waals surface area contributed by atoms with E-state index in [0.717, 1.165) is 0 Å². The summed E-state index contributed by atoms with van der Waals surface area (Å²) in [6, 6.07) is 0.00921. The highest BCUT2D eigenvalue weighted by Gasteiger charge is 2.31. The Labute approximate surface area is 124 Å². The summed E-state index contributed by atoms with van der Waals surface area (Å²) < 4.78 is 1.68. The third kappa shape index (κ3) is 3.43. The number of rotatable bonds is 4. The van der Waals surface area contributed by atoms with Crippen molar-refractivity contribution in [2.45, 2.75) is 46.2 Å². The molecule has 0 amide bonds. The highest BCUT2D eigenvalue weighted by Crippen LogP contribution is 2.25. The Morgan fingerprint density at radius 1 is 1.52 bits per heavy atom. The predicted octanol–water partition coefficient (Wildman–Crippen LogP) is 1.59. The largest absolute Gasteiger partial charge is 0.481 e. The minimum atomic E-state index is -0.750. The van der Waals surface area contributed by atoms with Crippen molar-refractivity contribution in [2.24, 2.45) is 11.8 Å². The van der Waals surface area contributed by atoms with Crippen LogP contribution in [0.25, 0.3) is 0 Å². The van der Waals surface area contributed by atoms with E-state index in [1.54, 1.807) is 17.0 Å². The van der Waals surface area contributed by atoms with Crippen LogP contribution >= 0.6 is 0 Å². The van der Waals surface area contributed by atoms with Crippen molar-refractivity contribution in [1.29, 1.82) is 0 Å². The van der Waals surface area contributed by atoms with Crippen LogP contribution in [0.4, 0.5) is 5.82 Å². The van der Waals surface area contributed by atoms with Crippen LogP contribution in [-0.4, -0.2) is 33.2 Å². The van der Waals surface area contributed by atoms with E-state index in [-0.39, 0.29) is 17.5 Å². The van der Waals surface area contributed by atoms with Crippen LogP contribution in [0.1, 0.15) is 33.6 Å². The monoisotopic (exact) mass is 293 g/mol. The Morgan fingerprint density at radius 3 is 2.81 bits per heavy atom. The first-order valence-corrected chi connectivity index (χ1v) is 7.45. The number of carbonyl (C=O) groups is 1. The molecule has 2 rings (SSSR count). The molecule has 1 N–H and O–H groups in total. The van der Waals surface area contributed by atoms with Crippen molar-refractivity contribution in [3.8, 4) is 0 Å². The van der Waals surface area contributed by atoms with Gasteiger partial charge in [0.1, 0.15) is 0 Å². The number of nitrogens with zero attached hydrogens (tertiary/aromatic N) is 3. The summed E-state index contributed by atoms with van der Waals surface area (Å²) in [4.78, 5) is 29.8. The molecule has 1 aliphatic rings. The van der Waals surface area contributed by atoms with Gasteiger partial charge in [0.05, 0.1) is 5.92 Å². The first kappa shape index (κ1) is 15.5. The smallest absolute Gasteiger partial charge is 0.306 e. The van der Waals surface area contributed by atoms with E-state index in [1.165, 1.54) is 0 Å². The zero-order valence-electron chi connectivity index (χ0n) is 12.8. The van der Waals surface area contributed by atoms with E-state index in [2.05, 4.69) is 18.8 Å². The molecule has 0 radical (unpaired) electrons. The average molecular weight is 293 g/mol. The van der Waals surface area contributed by atoms with Crippen molar-refractivity contribution < 1.29 is 9.90 Å². The highest BCUT2D eigenvalue weighted by molar-refractivity contribution is 5.70. The molecule has 0 spiro atoms. The number of carboxylic acids is 1. The number of aliphatic carboxylic acids is 1. The fourth-order valence-corrected chi connectivity index (χ4v) is 2.88. The van der Waals surface area contributed by atoms with Crippen molar-refractivity contribution in [1.82, 2.24) is 9.55 Å². The van der Waals surface area contributed by atoms with Gasteiger partial charge in [0.15, 0.2) is 5.82 Å². The molecule has 0 aromatic carbocycles. The topological polar surface area (TPSA) is 75.4 Å². The summed E-state index contributed by atoms with van der Waals surface area (Å²) in [6.07, 6.45) is 4.46. The summed E-state index contributed by atoms with van der Waals surface area (Å²) >= 11 is 0. The Morgan fingerprint density at radius 2 is 2.24 bits per heavy atom. The van der Waals surface area contributed by atoms with Crippen LogP contribution in [-0.2, 0) is 11.3 Å². The van der Waals surface area contributed by atoms with Gasteiger partial charge in [0.25, 0.3) is 5.56 Å². The maximum Gasteiger partial charge on any atom is 0.306 e. The van der Waals surface area contributed by atoms with Crippen molar-refractivity contribution in [3.05, 3.63) is 22.7 Å². The fraction of sp³-hybridized carbons (Fsp3) is 0.667. The van der Waals surface area contributed by atoms with Gasteiger partial charge in [-0.3, -0.25) is 9.59 Å². The molecule has 1 aromatic heterocycles. The zero-order valence-corrected chi connectivity index (χ0v) is 12.8. The van der Waals surface area contributed by atoms with Crippen LogP contribution in [0.2, 0.25) is 0 Å². The molecule has 1 aromatic rings. The standard InChI is InChI=1S/C15H23N3O3/c1-10(2)9-17-7-5-16-13(14(17)19)18-6-4-12(15(20)21)8-11(18)3/h5,7,10-12H,4,6,8-9H2,1-3H3,(H,20,21). The molecule has 1 saturated heterocycles. The number of hydrogen-bond donors (Lipinski definition) is 1. The first-order valence-electron chi connectivity index (χ1n) is 7.45. The van der Waals surface area contributed by atoms with Crippen LogP contribution in [0.5, 0.6) is 0 Å². The fourth-order valence-electron chi connectivity index (χ4n) is 2.88. The number of carboxylic acid groups (broad SMARTS) is 1. The lowest BCUT2D eigenvalue weighted by Crippen LogP contribution is -2.46. The molecule has 2 unspecified atom stereocenters. The van der Waals surface area contributed by atoms with Crippen molar-refractivity contribution in [3.63, 3.8) is 0 Å². The third-order valence-electron chi connectivity index (χ3n) is 3.95. The van der Waals surface area contributed by atoms with E-state index < -0.39 is 5.97 Å². The van der Waals surface area contributed by atoms with Gasteiger partial charge in [-0.15, -0.1) is 0 Å². The van der Waals surface area contributed by atoms with Gasteiger partial charge in [-0.25, -0.2) is 4.98 Å². The normalized spacial score (nSPS) is 22.6. The van der Waals surface area contributed by atoms with E-state index >= 15 is 0 Å². The molecule has 2 heterocycles. The second-order valence-electron chi connectivity index (χ2n) is 6.20. The lowest BCUT2D eigenvalue weighted by atomic mass is 9.92. The van der Waals surface area contributed by atoms with Crippen molar-refractivity contribution >= 4 is 11.8 Å². The van der Waals surface area contributed by atoms with Gasteiger partial charge in [-0.05, 0) is 25.7 Å². The van der Waals surface area contributed by atoms with Gasteiger partial charge in [0.2, 0.25) is 0 Å². The van der Waals surface area contributed by atoms with Crippen LogP contribution in [0.15, 0.2) is 17.2 Å². The maximum absolute atomic E-state index is 12.5. The number of hydrogen-bond acceptors (Lipinski definition) is 4. The number of aromatic nitrogens is 2. The molecule has 116 valence electrons. The zero-order chi connectivity index (χ0) is 15.6. The molecule has 2 atom stereocenters. The quantitative estimate of drug-likeness (QED) is 0.912. The van der Waals surface area contributed by atoms with Gasteiger partial charge in [0, 0.05) is 31.5 Å². The molecule has 6 heteroatoms. The SMILES string of the molecule is CC(C)Cn1ccnc(N2CCC(C(=O)O)CC2C)c1=O. The predicted molar refractivity (Wildman–Crippen MR) is 80.5 cm³/mol. The molecule has 0 aliphatic carbocycles. The van der Waals surface area contributed by atoms with E-state index in [4.69, 9.17) is 5.11 Å². The minimum absolute atomic E-state index is 0.00921. The summed E-state index contributed by atoms with van der Waals surface area (Å²) in [6.45, 7) is 7.30. The number of piperidine rings is 1. The Kier molecular flexibility index (Phi) is 4.65. The van der Waals surface area contributed by atoms with Gasteiger partial charge in [-0.1, -0.05) is 13.8 Å². The molecular weight excluding hydrogens is 270 g/mol.